The lowest BCUT2D eigenvalue weighted by atomic mass is 10.2. The van der Waals surface area contributed by atoms with Crippen LogP contribution in [0.2, 0.25) is 5.28 Å². The summed E-state index contributed by atoms with van der Waals surface area (Å²) < 4.78 is 18.4. The molecule has 29 heavy (non-hydrogen) atoms. The summed E-state index contributed by atoms with van der Waals surface area (Å²) in [6.45, 7) is 6.65. The Kier molecular flexibility index (Phi) is 8.38. The summed E-state index contributed by atoms with van der Waals surface area (Å²) in [5.74, 6) is 0.185. The summed E-state index contributed by atoms with van der Waals surface area (Å²) in [6, 6.07) is 5.95. The summed E-state index contributed by atoms with van der Waals surface area (Å²) >= 11 is 5.94. The number of anilines is 3. The van der Waals surface area contributed by atoms with E-state index in [1.807, 2.05) is 20.8 Å². The van der Waals surface area contributed by atoms with Crippen LogP contribution >= 0.6 is 11.6 Å². The molecule has 0 bridgehead atoms. The molecule has 0 fully saturated rings. The van der Waals surface area contributed by atoms with Crippen molar-refractivity contribution in [3.63, 3.8) is 0 Å². The number of ether oxygens (including phenoxy) is 1. The van der Waals surface area contributed by atoms with Crippen LogP contribution in [-0.4, -0.2) is 39.7 Å². The molecule has 0 radical (unpaired) electrons. The maximum atomic E-state index is 13.3. The Morgan fingerprint density at radius 3 is 2.55 bits per heavy atom. The zero-order valence-electron chi connectivity index (χ0n) is 16.8. The fourth-order valence-electron chi connectivity index (χ4n) is 2.31. The molecular weight excluding hydrogens is 399 g/mol. The number of nitrogens with one attached hydrogen (secondary N) is 3. The van der Waals surface area contributed by atoms with Gasteiger partial charge in [-0.05, 0) is 69.8 Å². The number of rotatable bonds is 9. The van der Waals surface area contributed by atoms with Crippen LogP contribution in [0.4, 0.5) is 26.8 Å². The third-order valence-corrected chi connectivity index (χ3v) is 3.66. The highest BCUT2D eigenvalue weighted by Gasteiger charge is 2.15. The summed E-state index contributed by atoms with van der Waals surface area (Å²) in [6.07, 6.45) is 2.17. The van der Waals surface area contributed by atoms with Crippen LogP contribution in [0.5, 0.6) is 0 Å². The number of carbonyl (C=O) groups excluding carboxylic acids is 1. The molecule has 2 rings (SSSR count). The lowest BCUT2D eigenvalue weighted by molar-refractivity contribution is 0.0527. The van der Waals surface area contributed by atoms with Crippen molar-refractivity contribution in [3.05, 3.63) is 35.4 Å². The number of aromatic nitrogens is 3. The second-order valence-corrected chi connectivity index (χ2v) is 7.64. The van der Waals surface area contributed by atoms with Crippen molar-refractivity contribution in [2.45, 2.75) is 45.6 Å². The van der Waals surface area contributed by atoms with Crippen molar-refractivity contribution >= 4 is 35.3 Å². The largest absolute Gasteiger partial charge is 0.444 e. The van der Waals surface area contributed by atoms with Gasteiger partial charge in [0.1, 0.15) is 11.4 Å². The number of hydrogen-bond acceptors (Lipinski definition) is 7. The van der Waals surface area contributed by atoms with Crippen molar-refractivity contribution in [2.75, 3.05) is 23.7 Å². The van der Waals surface area contributed by atoms with E-state index < -0.39 is 11.7 Å². The Bertz CT molecular complexity index is 816. The summed E-state index contributed by atoms with van der Waals surface area (Å²) in [5, 5.41) is 8.73. The summed E-state index contributed by atoms with van der Waals surface area (Å²) in [5.41, 5.74) is 0.0121. The van der Waals surface area contributed by atoms with E-state index in [-0.39, 0.29) is 17.0 Å². The molecule has 1 amide bonds. The molecule has 0 aliphatic carbocycles. The smallest absolute Gasteiger partial charge is 0.407 e. The lowest BCUT2D eigenvalue weighted by Crippen LogP contribution is -2.33. The number of benzene rings is 1. The average Bonchev–Trinajstić information content (AvgIpc) is 2.59. The van der Waals surface area contributed by atoms with Crippen LogP contribution in [-0.2, 0) is 4.74 Å². The summed E-state index contributed by atoms with van der Waals surface area (Å²) in [7, 11) is 0. The Morgan fingerprint density at radius 2 is 1.83 bits per heavy atom. The van der Waals surface area contributed by atoms with E-state index in [4.69, 9.17) is 16.3 Å². The minimum absolute atomic E-state index is 0.0305. The monoisotopic (exact) mass is 424 g/mol. The van der Waals surface area contributed by atoms with Crippen molar-refractivity contribution < 1.29 is 13.9 Å². The Labute approximate surface area is 174 Å². The van der Waals surface area contributed by atoms with E-state index in [0.717, 1.165) is 19.3 Å². The van der Waals surface area contributed by atoms with Crippen LogP contribution < -0.4 is 16.0 Å². The Morgan fingerprint density at radius 1 is 1.10 bits per heavy atom. The van der Waals surface area contributed by atoms with Gasteiger partial charge in [0.15, 0.2) is 0 Å². The number of unbranched alkanes of at least 4 members (excludes halogenated alkanes) is 2. The number of amides is 1. The van der Waals surface area contributed by atoms with E-state index in [0.29, 0.717) is 24.7 Å². The zero-order chi connectivity index (χ0) is 21.3. The quantitative estimate of drug-likeness (QED) is 0.509. The predicted octanol–water partition coefficient (Wildman–Crippen LogP) is 4.51. The molecule has 158 valence electrons. The van der Waals surface area contributed by atoms with Gasteiger partial charge in [-0.25, -0.2) is 9.18 Å². The van der Waals surface area contributed by atoms with Crippen LogP contribution in [0.25, 0.3) is 0 Å². The topological polar surface area (TPSA) is 101 Å². The molecule has 8 nitrogen and oxygen atoms in total. The van der Waals surface area contributed by atoms with E-state index in [1.165, 1.54) is 12.1 Å². The molecule has 0 saturated heterocycles. The Hall–Kier alpha value is -2.68. The van der Waals surface area contributed by atoms with E-state index in [2.05, 4.69) is 30.9 Å². The zero-order valence-corrected chi connectivity index (χ0v) is 17.5. The van der Waals surface area contributed by atoms with Crippen molar-refractivity contribution in [2.24, 2.45) is 0 Å². The number of hydrogen-bond donors (Lipinski definition) is 3. The van der Waals surface area contributed by atoms with Gasteiger partial charge >= 0.3 is 6.09 Å². The molecule has 1 aromatic carbocycles. The minimum Gasteiger partial charge on any atom is -0.444 e. The lowest BCUT2D eigenvalue weighted by Gasteiger charge is -2.19. The van der Waals surface area contributed by atoms with Crippen LogP contribution in [0.1, 0.15) is 40.0 Å². The standard InChI is InChI=1S/C19H26ClFN6O2/c1-19(2,3)29-18(28)23-11-6-4-5-10-22-16-25-15(20)26-17(27-16)24-14-9-7-8-13(21)12-14/h7-9,12H,4-6,10-11H2,1-3H3,(H,23,28)(H2,22,24,25,26,27). The van der Waals surface area contributed by atoms with Gasteiger partial charge in [-0.3, -0.25) is 0 Å². The fourth-order valence-corrected chi connectivity index (χ4v) is 2.47. The first-order valence-electron chi connectivity index (χ1n) is 9.36. The maximum Gasteiger partial charge on any atom is 0.407 e. The Balaban J connectivity index is 1.70. The minimum atomic E-state index is -0.498. The second-order valence-electron chi connectivity index (χ2n) is 7.30. The molecule has 2 aromatic rings. The van der Waals surface area contributed by atoms with E-state index in [1.54, 1.807) is 12.1 Å². The fraction of sp³-hybridized carbons (Fsp3) is 0.474. The van der Waals surface area contributed by atoms with Crippen molar-refractivity contribution in [1.82, 2.24) is 20.3 Å². The molecule has 0 aliphatic heterocycles. The molecule has 1 heterocycles. The van der Waals surface area contributed by atoms with Gasteiger partial charge in [0, 0.05) is 18.8 Å². The van der Waals surface area contributed by atoms with Gasteiger partial charge in [0.25, 0.3) is 0 Å². The SMILES string of the molecule is CC(C)(C)OC(=O)NCCCCCNc1nc(Cl)nc(Nc2cccc(F)c2)n1. The van der Waals surface area contributed by atoms with Crippen molar-refractivity contribution in [1.29, 1.82) is 0 Å². The maximum absolute atomic E-state index is 13.3. The first kappa shape index (κ1) is 22.6. The first-order valence-corrected chi connectivity index (χ1v) is 9.74. The van der Waals surface area contributed by atoms with Gasteiger partial charge in [-0.2, -0.15) is 15.0 Å². The highest BCUT2D eigenvalue weighted by atomic mass is 35.5. The van der Waals surface area contributed by atoms with Gasteiger partial charge in [-0.1, -0.05) is 6.07 Å². The molecule has 3 N–H and O–H groups in total. The van der Waals surface area contributed by atoms with Gasteiger partial charge in [-0.15, -0.1) is 0 Å². The van der Waals surface area contributed by atoms with Gasteiger partial charge in [0.2, 0.25) is 17.2 Å². The molecule has 0 unspecified atom stereocenters. The first-order chi connectivity index (χ1) is 13.7. The van der Waals surface area contributed by atoms with E-state index >= 15 is 0 Å². The highest BCUT2D eigenvalue weighted by Crippen LogP contribution is 2.16. The third kappa shape index (κ3) is 9.38. The van der Waals surface area contributed by atoms with Gasteiger partial charge in [0.05, 0.1) is 0 Å². The number of alkyl carbamates (subject to hydrolysis) is 1. The normalized spacial score (nSPS) is 11.1. The predicted molar refractivity (Wildman–Crippen MR) is 111 cm³/mol. The summed E-state index contributed by atoms with van der Waals surface area (Å²) in [4.78, 5) is 23.8. The molecule has 1 aromatic heterocycles. The van der Waals surface area contributed by atoms with Crippen LogP contribution in [0.15, 0.2) is 24.3 Å². The molecule has 0 saturated carbocycles. The highest BCUT2D eigenvalue weighted by molar-refractivity contribution is 6.28. The number of carbonyl (C=O) groups is 1. The number of halogens is 2. The van der Waals surface area contributed by atoms with Crippen molar-refractivity contribution in [3.8, 4) is 0 Å². The molecular formula is C19H26ClFN6O2. The molecule has 0 spiro atoms. The third-order valence-electron chi connectivity index (χ3n) is 3.49. The van der Waals surface area contributed by atoms with Crippen LogP contribution in [0, 0.1) is 5.82 Å². The van der Waals surface area contributed by atoms with Crippen LogP contribution in [0.3, 0.4) is 0 Å². The molecule has 0 aliphatic rings. The molecule has 10 heteroatoms. The van der Waals surface area contributed by atoms with Gasteiger partial charge < -0.3 is 20.7 Å². The van der Waals surface area contributed by atoms with E-state index in [9.17, 15) is 9.18 Å². The second kappa shape index (κ2) is 10.8. The molecule has 0 atom stereocenters. The average molecular weight is 425 g/mol. The number of nitrogens with zero attached hydrogens (tertiary/aromatic N) is 3.